The molecule has 1 aliphatic carbocycles. The van der Waals surface area contributed by atoms with Crippen molar-refractivity contribution in [3.05, 3.63) is 63.8 Å². The van der Waals surface area contributed by atoms with Gasteiger partial charge in [0.15, 0.2) is 17.2 Å². The van der Waals surface area contributed by atoms with Gasteiger partial charge in [0, 0.05) is 11.9 Å². The number of aryl methyl sites for hydroxylation is 1. The normalized spacial score (nSPS) is 14.9. The molecular formula is C23H23FN2O5. The number of pyridine rings is 1. The van der Waals surface area contributed by atoms with E-state index in [1.165, 1.54) is 31.0 Å². The maximum absolute atomic E-state index is 14.0. The van der Waals surface area contributed by atoms with Crippen LogP contribution in [0.4, 0.5) is 9.18 Å². The molecule has 2 aromatic carbocycles. The van der Waals surface area contributed by atoms with E-state index in [-0.39, 0.29) is 23.2 Å². The third-order valence-electron chi connectivity index (χ3n) is 5.60. The Morgan fingerprint density at radius 1 is 1.16 bits per heavy atom. The molecule has 1 aromatic heterocycles. The Labute approximate surface area is 178 Å². The van der Waals surface area contributed by atoms with Gasteiger partial charge in [0.25, 0.3) is 5.56 Å². The lowest BCUT2D eigenvalue weighted by Gasteiger charge is -2.17. The van der Waals surface area contributed by atoms with Gasteiger partial charge in [0.05, 0.1) is 31.8 Å². The summed E-state index contributed by atoms with van der Waals surface area (Å²) in [6, 6.07) is 7.70. The molecule has 0 saturated carbocycles. The van der Waals surface area contributed by atoms with Gasteiger partial charge in [-0.3, -0.25) is 4.79 Å². The molecule has 0 fully saturated rings. The summed E-state index contributed by atoms with van der Waals surface area (Å²) in [4.78, 5) is 25.5. The molecular weight excluding hydrogens is 403 g/mol. The van der Waals surface area contributed by atoms with E-state index >= 15 is 0 Å². The van der Waals surface area contributed by atoms with Crippen molar-refractivity contribution < 1.29 is 23.4 Å². The number of hydrogen-bond donors (Lipinski definition) is 1. The number of ether oxygens (including phenoxy) is 3. The second-order valence-corrected chi connectivity index (χ2v) is 7.27. The molecule has 31 heavy (non-hydrogen) atoms. The highest BCUT2D eigenvalue weighted by Gasteiger charge is 2.27. The highest BCUT2D eigenvalue weighted by atomic mass is 19.1. The van der Waals surface area contributed by atoms with E-state index in [1.54, 1.807) is 24.3 Å². The average Bonchev–Trinajstić information content (AvgIpc) is 3.18. The van der Waals surface area contributed by atoms with Gasteiger partial charge in [0.1, 0.15) is 5.82 Å². The molecule has 1 amide bonds. The number of benzene rings is 2. The number of rotatable bonds is 5. The Kier molecular flexibility index (Phi) is 5.54. The van der Waals surface area contributed by atoms with Gasteiger partial charge < -0.3 is 24.1 Å². The lowest BCUT2D eigenvalue weighted by molar-refractivity contribution is 0.196. The zero-order valence-electron chi connectivity index (χ0n) is 17.5. The zero-order valence-corrected chi connectivity index (χ0v) is 17.5. The number of aromatic nitrogens is 1. The molecule has 162 valence electrons. The number of nitrogens with zero attached hydrogens (tertiary/aromatic N) is 1. The van der Waals surface area contributed by atoms with Crippen molar-refractivity contribution in [2.24, 2.45) is 0 Å². The summed E-state index contributed by atoms with van der Waals surface area (Å²) in [6.45, 7) is 2.22. The third-order valence-corrected chi connectivity index (χ3v) is 5.60. The summed E-state index contributed by atoms with van der Waals surface area (Å²) < 4.78 is 31.7. The summed E-state index contributed by atoms with van der Waals surface area (Å²) in [5.74, 6) is 0.764. The Balaban J connectivity index is 1.68. The second-order valence-electron chi connectivity index (χ2n) is 7.27. The monoisotopic (exact) mass is 426 g/mol. The molecule has 3 aromatic rings. The molecule has 1 unspecified atom stereocenters. The van der Waals surface area contributed by atoms with Crippen molar-refractivity contribution in [3.8, 4) is 17.2 Å². The molecule has 1 N–H and O–H groups in total. The number of nitrogens with one attached hydrogen (secondary N) is 1. The number of hydrogen-bond acceptors (Lipinski definition) is 5. The minimum atomic E-state index is -0.681. The Hall–Kier alpha value is -3.55. The number of carbonyl (C=O) groups is 1. The SMILES string of the molecule is CCn1cc(OC(=O)NC2CCc3c(F)cccc32)c2cc(OC)c(OC)cc2c1=O. The van der Waals surface area contributed by atoms with Crippen LogP contribution in [-0.2, 0) is 13.0 Å². The number of fused-ring (bicyclic) bond motifs is 2. The van der Waals surface area contributed by atoms with Crippen LogP contribution in [0.25, 0.3) is 10.8 Å². The van der Waals surface area contributed by atoms with Crippen molar-refractivity contribution >= 4 is 16.9 Å². The first-order valence-electron chi connectivity index (χ1n) is 10.0. The molecule has 4 rings (SSSR count). The Morgan fingerprint density at radius 3 is 2.55 bits per heavy atom. The van der Waals surface area contributed by atoms with E-state index in [9.17, 15) is 14.0 Å². The van der Waals surface area contributed by atoms with Crippen LogP contribution in [0.1, 0.15) is 30.5 Å². The van der Waals surface area contributed by atoms with Gasteiger partial charge in [-0.05, 0) is 49.1 Å². The highest BCUT2D eigenvalue weighted by molar-refractivity contribution is 5.92. The van der Waals surface area contributed by atoms with Crippen LogP contribution in [0.2, 0.25) is 0 Å². The summed E-state index contributed by atoms with van der Waals surface area (Å²) in [5.41, 5.74) is 1.15. The first-order chi connectivity index (χ1) is 15.0. The van der Waals surface area contributed by atoms with E-state index in [1.807, 2.05) is 6.92 Å². The largest absolute Gasteiger partial charge is 0.493 e. The van der Waals surface area contributed by atoms with Crippen LogP contribution in [0.15, 0.2) is 41.3 Å². The van der Waals surface area contributed by atoms with Crippen LogP contribution in [-0.4, -0.2) is 24.9 Å². The van der Waals surface area contributed by atoms with Crippen molar-refractivity contribution in [2.75, 3.05) is 14.2 Å². The molecule has 7 nitrogen and oxygen atoms in total. The van der Waals surface area contributed by atoms with Crippen LogP contribution in [0.3, 0.4) is 0 Å². The fraction of sp³-hybridized carbons (Fsp3) is 0.304. The van der Waals surface area contributed by atoms with Gasteiger partial charge in [-0.15, -0.1) is 0 Å². The summed E-state index contributed by atoms with van der Waals surface area (Å²) in [5, 5.41) is 3.58. The summed E-state index contributed by atoms with van der Waals surface area (Å²) >= 11 is 0. The number of methoxy groups -OCH3 is 2. The Bertz CT molecular complexity index is 1220. The van der Waals surface area contributed by atoms with Crippen LogP contribution in [0.5, 0.6) is 17.2 Å². The summed E-state index contributed by atoms with van der Waals surface area (Å²) in [7, 11) is 2.97. The fourth-order valence-electron chi connectivity index (χ4n) is 4.03. The molecule has 0 spiro atoms. The molecule has 0 aliphatic heterocycles. The average molecular weight is 426 g/mol. The third kappa shape index (κ3) is 3.69. The maximum Gasteiger partial charge on any atom is 0.413 e. The van der Waals surface area contributed by atoms with Crippen molar-refractivity contribution in [1.29, 1.82) is 0 Å². The van der Waals surface area contributed by atoms with E-state index < -0.39 is 6.09 Å². The lowest BCUT2D eigenvalue weighted by atomic mass is 10.1. The van der Waals surface area contributed by atoms with Crippen molar-refractivity contribution in [1.82, 2.24) is 9.88 Å². The van der Waals surface area contributed by atoms with Gasteiger partial charge in [-0.2, -0.15) is 0 Å². The summed E-state index contributed by atoms with van der Waals surface area (Å²) in [6.07, 6.45) is 1.96. The van der Waals surface area contributed by atoms with Gasteiger partial charge in [0.2, 0.25) is 0 Å². The number of halogens is 1. The molecule has 0 saturated heterocycles. The predicted molar refractivity (Wildman–Crippen MR) is 114 cm³/mol. The number of amides is 1. The first-order valence-corrected chi connectivity index (χ1v) is 10.0. The van der Waals surface area contributed by atoms with Crippen LogP contribution < -0.4 is 25.1 Å². The second kappa shape index (κ2) is 8.29. The minimum Gasteiger partial charge on any atom is -0.493 e. The molecule has 1 atom stereocenters. The topological polar surface area (TPSA) is 78.8 Å². The van der Waals surface area contributed by atoms with Gasteiger partial charge in [-0.1, -0.05) is 12.1 Å². The lowest BCUT2D eigenvalue weighted by Crippen LogP contribution is -2.30. The molecule has 0 radical (unpaired) electrons. The quantitative estimate of drug-likeness (QED) is 0.668. The molecule has 8 heteroatoms. The van der Waals surface area contributed by atoms with Gasteiger partial charge in [-0.25, -0.2) is 9.18 Å². The standard InChI is InChI=1S/C23H23FN2O5/c1-4-26-12-21(15-10-19(29-2)20(30-3)11-16(15)22(26)27)31-23(28)25-18-9-8-13-14(18)6-5-7-17(13)24/h5-7,10-12,18H,4,8-9H2,1-3H3,(H,25,28). The Morgan fingerprint density at radius 2 is 1.87 bits per heavy atom. The van der Waals surface area contributed by atoms with Gasteiger partial charge >= 0.3 is 6.09 Å². The van der Waals surface area contributed by atoms with E-state index in [4.69, 9.17) is 14.2 Å². The van der Waals surface area contributed by atoms with Crippen molar-refractivity contribution in [2.45, 2.75) is 32.4 Å². The maximum atomic E-state index is 14.0. The minimum absolute atomic E-state index is 0.215. The molecule has 1 heterocycles. The molecule has 0 bridgehead atoms. The highest BCUT2D eigenvalue weighted by Crippen LogP contribution is 2.36. The van der Waals surface area contributed by atoms with Crippen LogP contribution >= 0.6 is 0 Å². The van der Waals surface area contributed by atoms with E-state index in [2.05, 4.69) is 5.32 Å². The molecule has 1 aliphatic rings. The van der Waals surface area contributed by atoms with E-state index in [0.717, 1.165) is 5.56 Å². The zero-order chi connectivity index (χ0) is 22.1. The van der Waals surface area contributed by atoms with E-state index in [0.29, 0.717) is 47.2 Å². The smallest absolute Gasteiger partial charge is 0.413 e. The number of carbonyl (C=O) groups excluding carboxylic acids is 1. The first kappa shape index (κ1) is 20.7. The predicted octanol–water partition coefficient (Wildman–Crippen LogP) is 3.95. The van der Waals surface area contributed by atoms with Crippen LogP contribution in [0, 0.1) is 5.82 Å². The van der Waals surface area contributed by atoms with Crippen molar-refractivity contribution in [3.63, 3.8) is 0 Å². The fourth-order valence-corrected chi connectivity index (χ4v) is 4.03.